The molecule has 5 rings (SSSR count). The number of phenolic OH excluding ortho intramolecular Hbond substituents is 1. The third-order valence-corrected chi connectivity index (χ3v) is 8.06. The lowest BCUT2D eigenvalue weighted by Gasteiger charge is -2.43. The maximum absolute atomic E-state index is 13.5. The molecule has 2 aliphatic rings. The summed E-state index contributed by atoms with van der Waals surface area (Å²) >= 11 is 0. The van der Waals surface area contributed by atoms with Gasteiger partial charge in [-0.15, -0.1) is 5.10 Å². The first kappa shape index (κ1) is 26.1. The van der Waals surface area contributed by atoms with Gasteiger partial charge in [-0.25, -0.2) is 9.50 Å². The molecular weight excluding hydrogens is 484 g/mol. The molecule has 38 heavy (non-hydrogen) atoms. The molecule has 0 amide bonds. The maximum Gasteiger partial charge on any atom is 0.317 e. The molecular formula is C29H36N4O5. The molecule has 9 nitrogen and oxygen atoms in total. The number of cyclic esters (lactones) is 1. The molecule has 2 aromatic heterocycles. The predicted octanol–water partition coefficient (Wildman–Crippen LogP) is 4.34. The van der Waals surface area contributed by atoms with E-state index < -0.39 is 17.5 Å². The predicted molar refractivity (Wildman–Crippen MR) is 140 cm³/mol. The molecule has 0 spiro atoms. The molecule has 2 atom stereocenters. The number of nitrogens with zero attached hydrogens (tertiary/aromatic N) is 4. The monoisotopic (exact) mass is 520 g/mol. The fourth-order valence-electron chi connectivity index (χ4n) is 6.04. The fraction of sp³-hybridized carbons (Fsp3) is 0.552. The highest BCUT2D eigenvalue weighted by Crippen LogP contribution is 2.45. The maximum atomic E-state index is 13.5. The quantitative estimate of drug-likeness (QED) is 0.327. The lowest BCUT2D eigenvalue weighted by molar-refractivity contribution is -0.185. The van der Waals surface area contributed by atoms with Gasteiger partial charge in [-0.1, -0.05) is 19.8 Å². The summed E-state index contributed by atoms with van der Waals surface area (Å²) in [6.45, 7) is 6.30. The number of ether oxygens (including phenoxy) is 2. The van der Waals surface area contributed by atoms with Crippen molar-refractivity contribution in [3.8, 4) is 11.5 Å². The van der Waals surface area contributed by atoms with Crippen LogP contribution in [0, 0.1) is 18.8 Å². The van der Waals surface area contributed by atoms with Crippen LogP contribution in [0.2, 0.25) is 0 Å². The Labute approximate surface area is 222 Å². The number of Topliss-reactive ketones (excluding diaryl/α,β-unsaturated/α-hetero) is 1. The summed E-state index contributed by atoms with van der Waals surface area (Å²) in [5.41, 5.74) is 1.91. The highest BCUT2D eigenvalue weighted by molar-refractivity contribution is 6.01. The SMILES string of the molecule is CCOc1cc(O)c(CC)cc1CCC1(C2CCCC2)CC(=O)C(Cc2nc3ncc(C)cn3n2)C(=O)O1. The highest BCUT2D eigenvalue weighted by Gasteiger charge is 2.51. The molecule has 2 fully saturated rings. The Hall–Kier alpha value is -3.49. The van der Waals surface area contributed by atoms with E-state index in [2.05, 4.69) is 15.1 Å². The summed E-state index contributed by atoms with van der Waals surface area (Å²) in [6, 6.07) is 3.65. The van der Waals surface area contributed by atoms with Gasteiger partial charge in [0.1, 0.15) is 23.0 Å². The molecule has 1 saturated heterocycles. The summed E-state index contributed by atoms with van der Waals surface area (Å²) < 4.78 is 13.7. The van der Waals surface area contributed by atoms with Crippen LogP contribution >= 0.6 is 0 Å². The lowest BCUT2D eigenvalue weighted by atomic mass is 9.73. The standard InChI is InChI=1S/C29H36N4O5/c1-4-19-12-20(25(37-5-2)14-23(19)34)10-11-29(21-8-6-7-9-21)15-24(35)22(27(36)38-29)13-26-31-28-30-16-18(3)17-33(28)32-26/h12,14,16-17,21-22,34H,4-11,13,15H2,1-3H3. The number of benzene rings is 1. The fourth-order valence-corrected chi connectivity index (χ4v) is 6.04. The van der Waals surface area contributed by atoms with Crippen LogP contribution < -0.4 is 4.74 Å². The molecule has 1 aromatic carbocycles. The smallest absolute Gasteiger partial charge is 0.317 e. The number of hydrogen-bond acceptors (Lipinski definition) is 8. The van der Waals surface area contributed by atoms with E-state index in [1.54, 1.807) is 16.8 Å². The zero-order valence-corrected chi connectivity index (χ0v) is 22.4. The first-order valence-corrected chi connectivity index (χ1v) is 13.7. The lowest BCUT2D eigenvalue weighted by Crippen LogP contribution is -2.52. The van der Waals surface area contributed by atoms with Gasteiger partial charge in [0.2, 0.25) is 0 Å². The Bertz CT molecular complexity index is 1330. The van der Waals surface area contributed by atoms with Crippen molar-refractivity contribution < 1.29 is 24.2 Å². The van der Waals surface area contributed by atoms with Gasteiger partial charge in [0.15, 0.2) is 11.6 Å². The van der Waals surface area contributed by atoms with Gasteiger partial charge >= 0.3 is 5.97 Å². The molecule has 3 aromatic rings. The van der Waals surface area contributed by atoms with Crippen molar-refractivity contribution in [3.63, 3.8) is 0 Å². The van der Waals surface area contributed by atoms with Crippen molar-refractivity contribution in [2.24, 2.45) is 11.8 Å². The summed E-state index contributed by atoms with van der Waals surface area (Å²) in [5, 5.41) is 14.8. The Morgan fingerprint density at radius 3 is 2.68 bits per heavy atom. The molecule has 0 bridgehead atoms. The van der Waals surface area contributed by atoms with E-state index in [-0.39, 0.29) is 30.3 Å². The Kier molecular flexibility index (Phi) is 7.36. The number of esters is 1. The number of aryl methyl sites for hydroxylation is 3. The van der Waals surface area contributed by atoms with E-state index in [1.165, 1.54) is 0 Å². The molecule has 202 valence electrons. The number of carbonyl (C=O) groups is 2. The number of rotatable bonds is 9. The van der Waals surface area contributed by atoms with Gasteiger partial charge in [-0.3, -0.25) is 9.59 Å². The van der Waals surface area contributed by atoms with Crippen LogP contribution in [0.15, 0.2) is 24.5 Å². The van der Waals surface area contributed by atoms with Crippen molar-refractivity contribution in [2.75, 3.05) is 6.61 Å². The van der Waals surface area contributed by atoms with Crippen LogP contribution in [0.5, 0.6) is 11.5 Å². The first-order valence-electron chi connectivity index (χ1n) is 13.7. The van der Waals surface area contributed by atoms with Crippen molar-refractivity contribution in [2.45, 2.75) is 84.2 Å². The number of fused-ring (bicyclic) bond motifs is 1. The van der Waals surface area contributed by atoms with Gasteiger partial charge in [-0.2, -0.15) is 4.98 Å². The number of aromatic nitrogens is 4. The van der Waals surface area contributed by atoms with Gasteiger partial charge in [0.25, 0.3) is 5.78 Å². The summed E-state index contributed by atoms with van der Waals surface area (Å²) in [5.74, 6) is 0.340. The minimum Gasteiger partial charge on any atom is -0.508 e. The van der Waals surface area contributed by atoms with Gasteiger partial charge in [0.05, 0.1) is 6.61 Å². The average molecular weight is 521 g/mol. The molecule has 1 saturated carbocycles. The number of aromatic hydroxyl groups is 1. The minimum absolute atomic E-state index is 0.104. The van der Waals surface area contributed by atoms with E-state index in [9.17, 15) is 14.7 Å². The van der Waals surface area contributed by atoms with Crippen molar-refractivity contribution >= 4 is 17.5 Å². The van der Waals surface area contributed by atoms with E-state index in [4.69, 9.17) is 9.47 Å². The Balaban J connectivity index is 1.38. The van der Waals surface area contributed by atoms with Crippen molar-refractivity contribution in [3.05, 3.63) is 47.0 Å². The van der Waals surface area contributed by atoms with E-state index >= 15 is 0 Å². The van der Waals surface area contributed by atoms with Crippen LogP contribution in [0.1, 0.15) is 74.9 Å². The summed E-state index contributed by atoms with van der Waals surface area (Å²) in [7, 11) is 0. The second-order valence-electron chi connectivity index (χ2n) is 10.6. The number of phenols is 1. The number of ketones is 1. The van der Waals surface area contributed by atoms with Crippen LogP contribution in [-0.4, -0.2) is 48.6 Å². The molecule has 2 unspecified atom stereocenters. The van der Waals surface area contributed by atoms with E-state index in [0.29, 0.717) is 43.2 Å². The van der Waals surface area contributed by atoms with Crippen LogP contribution in [0.4, 0.5) is 0 Å². The van der Waals surface area contributed by atoms with Gasteiger partial charge in [-0.05, 0) is 74.6 Å². The van der Waals surface area contributed by atoms with Crippen LogP contribution in [-0.2, 0) is 33.6 Å². The topological polar surface area (TPSA) is 116 Å². The Morgan fingerprint density at radius 1 is 1.18 bits per heavy atom. The minimum atomic E-state index is -0.914. The molecule has 3 heterocycles. The summed E-state index contributed by atoms with van der Waals surface area (Å²) in [4.78, 5) is 35.6. The molecule has 1 N–H and O–H groups in total. The molecule has 9 heteroatoms. The van der Waals surface area contributed by atoms with Crippen LogP contribution in [0.25, 0.3) is 5.78 Å². The number of carbonyl (C=O) groups excluding carboxylic acids is 2. The van der Waals surface area contributed by atoms with Crippen LogP contribution in [0.3, 0.4) is 0 Å². The highest BCUT2D eigenvalue weighted by atomic mass is 16.6. The molecule has 1 aliphatic heterocycles. The zero-order chi connectivity index (χ0) is 26.9. The third-order valence-electron chi connectivity index (χ3n) is 8.06. The van der Waals surface area contributed by atoms with E-state index in [0.717, 1.165) is 42.4 Å². The van der Waals surface area contributed by atoms with E-state index in [1.807, 2.05) is 33.0 Å². The Morgan fingerprint density at radius 2 is 1.97 bits per heavy atom. The second kappa shape index (κ2) is 10.7. The number of hydrogen-bond donors (Lipinski definition) is 1. The largest absolute Gasteiger partial charge is 0.508 e. The first-order chi connectivity index (χ1) is 18.3. The van der Waals surface area contributed by atoms with Crippen molar-refractivity contribution in [1.82, 2.24) is 19.6 Å². The van der Waals surface area contributed by atoms with Crippen molar-refractivity contribution in [1.29, 1.82) is 0 Å². The normalized spacial score (nSPS) is 22.2. The average Bonchev–Trinajstić information content (AvgIpc) is 3.56. The summed E-state index contributed by atoms with van der Waals surface area (Å²) in [6.07, 6.45) is 9.67. The van der Waals surface area contributed by atoms with Gasteiger partial charge in [0, 0.05) is 31.3 Å². The second-order valence-corrected chi connectivity index (χ2v) is 10.6. The molecule has 0 radical (unpaired) electrons. The zero-order valence-electron chi connectivity index (χ0n) is 22.4. The molecule has 1 aliphatic carbocycles. The third kappa shape index (κ3) is 5.11. The van der Waals surface area contributed by atoms with Gasteiger partial charge < -0.3 is 14.6 Å².